The van der Waals surface area contributed by atoms with E-state index in [4.69, 9.17) is 0 Å². The van der Waals surface area contributed by atoms with Crippen molar-refractivity contribution in [1.82, 2.24) is 14.3 Å². The number of rotatable bonds is 5. The number of hydrogen-bond acceptors (Lipinski definition) is 8. The van der Waals surface area contributed by atoms with Crippen molar-refractivity contribution in [1.29, 1.82) is 0 Å². The predicted octanol–water partition coefficient (Wildman–Crippen LogP) is 0.807. The van der Waals surface area contributed by atoms with E-state index in [1.807, 2.05) is 6.92 Å². The molecular weight excluding hydrogens is 346 g/mol. The predicted molar refractivity (Wildman–Crippen MR) is 83.8 cm³/mol. The second-order valence-corrected chi connectivity index (χ2v) is 7.81. The van der Waals surface area contributed by atoms with Gasteiger partial charge in [-0.2, -0.15) is 4.37 Å². The van der Waals surface area contributed by atoms with Crippen LogP contribution in [-0.2, 0) is 16.0 Å². The molecule has 2 atom stereocenters. The van der Waals surface area contributed by atoms with Gasteiger partial charge in [-0.15, -0.1) is 11.8 Å². The Hall–Kier alpha value is -1.10. The van der Waals surface area contributed by atoms with E-state index in [1.54, 1.807) is 0 Å². The van der Waals surface area contributed by atoms with Crippen molar-refractivity contribution in [2.24, 2.45) is 0 Å². The molecule has 1 saturated heterocycles. The first-order valence-electron chi connectivity index (χ1n) is 6.56. The zero-order valence-electron chi connectivity index (χ0n) is 11.6. The maximum atomic E-state index is 11.7. The number of aryl methyl sites for hydroxylation is 1. The maximum Gasteiger partial charge on any atom is 0.352 e. The number of aromatic nitrogens is 2. The van der Waals surface area contributed by atoms with E-state index in [2.05, 4.69) is 9.36 Å². The van der Waals surface area contributed by atoms with Crippen LogP contribution in [0.3, 0.4) is 0 Å². The molecule has 3 heterocycles. The van der Waals surface area contributed by atoms with Gasteiger partial charge in [0.05, 0.1) is 0 Å². The second kappa shape index (κ2) is 6.19. The summed E-state index contributed by atoms with van der Waals surface area (Å²) in [5, 5.41) is 18.5. The van der Waals surface area contributed by atoms with Crippen molar-refractivity contribution in [3.8, 4) is 0 Å². The Morgan fingerprint density at radius 2 is 2.32 bits per heavy atom. The molecule has 0 saturated carbocycles. The number of carboxylic acids is 1. The molecule has 1 aromatic heterocycles. The molecule has 2 aliphatic rings. The minimum absolute atomic E-state index is 0.00628. The fourth-order valence-electron chi connectivity index (χ4n) is 2.23. The van der Waals surface area contributed by atoms with Crippen LogP contribution in [0.25, 0.3) is 0 Å². The van der Waals surface area contributed by atoms with E-state index in [1.165, 1.54) is 40.0 Å². The molecule has 22 heavy (non-hydrogen) atoms. The molecule has 7 nitrogen and oxygen atoms in total. The highest BCUT2D eigenvalue weighted by Crippen LogP contribution is 2.41. The van der Waals surface area contributed by atoms with Gasteiger partial charge in [-0.25, -0.2) is 9.78 Å². The van der Waals surface area contributed by atoms with Crippen LogP contribution in [0.5, 0.6) is 0 Å². The Bertz CT molecular complexity index is 660. The van der Waals surface area contributed by atoms with E-state index in [0.717, 1.165) is 16.6 Å². The number of β-lactam (4-membered cyclic amide) rings is 1. The number of aliphatic hydroxyl groups excluding tert-OH is 1. The monoisotopic (exact) mass is 359 g/mol. The number of thioether (sulfide) groups is 2. The molecule has 0 radical (unpaired) electrons. The van der Waals surface area contributed by atoms with Crippen LogP contribution < -0.4 is 0 Å². The maximum absolute atomic E-state index is 11.7. The molecule has 0 unspecified atom stereocenters. The zero-order chi connectivity index (χ0) is 15.9. The molecule has 0 bridgehead atoms. The van der Waals surface area contributed by atoms with Crippen LogP contribution in [0.2, 0.25) is 0 Å². The first kappa shape index (κ1) is 15.8. The third-order valence-corrected chi connectivity index (χ3v) is 6.64. The molecule has 2 N–H and O–H groups in total. The Kier molecular flexibility index (Phi) is 4.44. The van der Waals surface area contributed by atoms with Gasteiger partial charge in [0.1, 0.15) is 16.9 Å². The summed E-state index contributed by atoms with van der Waals surface area (Å²) in [6.45, 7) is 1.97. The summed E-state index contributed by atoms with van der Waals surface area (Å²) in [4.78, 5) is 28.7. The van der Waals surface area contributed by atoms with Crippen LogP contribution in [0, 0.1) is 0 Å². The van der Waals surface area contributed by atoms with E-state index < -0.39 is 23.4 Å². The van der Waals surface area contributed by atoms with Crippen molar-refractivity contribution >= 4 is 46.9 Å². The first-order chi connectivity index (χ1) is 10.5. The summed E-state index contributed by atoms with van der Waals surface area (Å²) in [6, 6.07) is 0. The lowest BCUT2D eigenvalue weighted by atomic mass is 10.1. The number of amides is 1. The van der Waals surface area contributed by atoms with Gasteiger partial charge < -0.3 is 10.2 Å². The molecule has 2 aliphatic heterocycles. The quantitative estimate of drug-likeness (QED) is 0.588. The van der Waals surface area contributed by atoms with Gasteiger partial charge in [0.15, 0.2) is 10.4 Å². The van der Waals surface area contributed by atoms with Crippen LogP contribution >= 0.6 is 35.1 Å². The number of hydrogen-bond donors (Lipinski definition) is 2. The lowest BCUT2D eigenvalue weighted by Crippen LogP contribution is -2.64. The smallest absolute Gasteiger partial charge is 0.352 e. The van der Waals surface area contributed by atoms with Crippen molar-refractivity contribution in [3.05, 3.63) is 17.1 Å². The lowest BCUT2D eigenvalue weighted by Gasteiger charge is -2.47. The molecule has 1 fully saturated rings. The van der Waals surface area contributed by atoms with Gasteiger partial charge in [-0.3, -0.25) is 9.69 Å². The highest BCUT2D eigenvalue weighted by atomic mass is 32.2. The summed E-state index contributed by atoms with van der Waals surface area (Å²) < 4.78 is 4.98. The lowest BCUT2D eigenvalue weighted by molar-refractivity contribution is -0.159. The average Bonchev–Trinajstić information content (AvgIpc) is 2.99. The van der Waals surface area contributed by atoms with Crippen LogP contribution in [0.15, 0.2) is 15.6 Å². The summed E-state index contributed by atoms with van der Waals surface area (Å²) in [7, 11) is 0. The Morgan fingerprint density at radius 1 is 1.55 bits per heavy atom. The largest absolute Gasteiger partial charge is 0.477 e. The highest BCUT2D eigenvalue weighted by Gasteiger charge is 2.52. The molecule has 0 aliphatic carbocycles. The van der Waals surface area contributed by atoms with E-state index in [-0.39, 0.29) is 5.70 Å². The third kappa shape index (κ3) is 2.64. The van der Waals surface area contributed by atoms with Gasteiger partial charge >= 0.3 is 5.97 Å². The topological polar surface area (TPSA) is 104 Å². The van der Waals surface area contributed by atoms with Crippen LogP contribution in [0.1, 0.15) is 12.7 Å². The SMILES string of the molecule is CCc1nsc(SCC2=C(C(=O)O)N3C(=O)[C@@H](O)[C@@H]3SC2)n1. The molecule has 1 amide bonds. The normalized spacial score (nSPS) is 24.3. The van der Waals surface area contributed by atoms with Crippen LogP contribution in [-0.4, -0.2) is 59.3 Å². The van der Waals surface area contributed by atoms with Crippen molar-refractivity contribution in [2.45, 2.75) is 29.2 Å². The van der Waals surface area contributed by atoms with Gasteiger partial charge in [-0.05, 0) is 17.1 Å². The van der Waals surface area contributed by atoms with E-state index in [9.17, 15) is 19.8 Å². The van der Waals surface area contributed by atoms with E-state index in [0.29, 0.717) is 17.1 Å². The van der Waals surface area contributed by atoms with Gasteiger partial charge in [0.25, 0.3) is 5.91 Å². The summed E-state index contributed by atoms with van der Waals surface area (Å²) >= 11 is 4.10. The van der Waals surface area contributed by atoms with Gasteiger partial charge in [0.2, 0.25) is 0 Å². The number of aliphatic hydroxyl groups is 1. The Morgan fingerprint density at radius 3 is 2.95 bits per heavy atom. The molecule has 0 aromatic carbocycles. The van der Waals surface area contributed by atoms with Crippen molar-refractivity contribution in [3.63, 3.8) is 0 Å². The number of carbonyl (C=O) groups is 2. The van der Waals surface area contributed by atoms with Crippen molar-refractivity contribution < 1.29 is 19.8 Å². The molecular formula is C12H13N3O4S3. The molecule has 1 aromatic rings. The Labute approximate surface area is 139 Å². The zero-order valence-corrected chi connectivity index (χ0v) is 14.0. The Balaban J connectivity index is 1.78. The molecule has 10 heteroatoms. The fourth-order valence-corrected chi connectivity index (χ4v) is 5.33. The van der Waals surface area contributed by atoms with Gasteiger partial charge in [-0.1, -0.05) is 18.7 Å². The third-order valence-electron chi connectivity index (χ3n) is 3.36. The number of fused-ring (bicyclic) bond motifs is 1. The standard InChI is InChI=1S/C12H13N3O4S3/c1-2-6-13-12(22-14-6)21-4-5-3-20-10-8(16)9(17)15(10)7(5)11(18)19/h8,10,16H,2-4H2,1H3,(H,18,19)/t8-,10+/m1/s1. The summed E-state index contributed by atoms with van der Waals surface area (Å²) in [5.74, 6) is 0.0344. The number of carbonyl (C=O) groups excluding carboxylic acids is 1. The molecule has 3 rings (SSSR count). The van der Waals surface area contributed by atoms with E-state index >= 15 is 0 Å². The highest BCUT2D eigenvalue weighted by molar-refractivity contribution is 8.01. The molecule has 0 spiro atoms. The molecule has 118 valence electrons. The minimum atomic E-state index is -1.13. The van der Waals surface area contributed by atoms with Gasteiger partial charge in [0, 0.05) is 17.9 Å². The number of nitrogens with zero attached hydrogens (tertiary/aromatic N) is 3. The fraction of sp³-hybridized carbons (Fsp3) is 0.500. The second-order valence-electron chi connectivity index (χ2n) is 4.73. The first-order valence-corrected chi connectivity index (χ1v) is 9.37. The average molecular weight is 359 g/mol. The van der Waals surface area contributed by atoms with Crippen molar-refractivity contribution in [2.75, 3.05) is 11.5 Å². The number of carboxylic acid groups (broad SMARTS) is 1. The minimum Gasteiger partial charge on any atom is -0.477 e. The number of aliphatic carboxylic acids is 1. The summed E-state index contributed by atoms with van der Waals surface area (Å²) in [6.07, 6.45) is -0.332. The summed E-state index contributed by atoms with van der Waals surface area (Å²) in [5.41, 5.74) is 0.680. The van der Waals surface area contributed by atoms with Crippen LogP contribution in [0.4, 0.5) is 0 Å².